The topological polar surface area (TPSA) is 228 Å². The van der Waals surface area contributed by atoms with Gasteiger partial charge in [0.05, 0.1) is 32.0 Å². The number of rotatable bonds is 49. The summed E-state index contributed by atoms with van der Waals surface area (Å²) < 4.78 is 22.7. The van der Waals surface area contributed by atoms with Crippen LogP contribution in [0.15, 0.2) is 109 Å². The highest BCUT2D eigenvalue weighted by Crippen LogP contribution is 2.30. The molecule has 12 unspecified atom stereocenters. The van der Waals surface area contributed by atoms with Gasteiger partial charge in [-0.1, -0.05) is 232 Å². The molecular formula is C67H113NO13. The van der Waals surface area contributed by atoms with E-state index in [1.54, 1.807) is 6.08 Å². The minimum absolute atomic E-state index is 0.256. The van der Waals surface area contributed by atoms with Crippen molar-refractivity contribution in [3.8, 4) is 0 Å². The average Bonchev–Trinajstić information content (AvgIpc) is 3.51. The number of allylic oxidation sites excluding steroid dienone is 17. The minimum atomic E-state index is -1.79. The van der Waals surface area contributed by atoms with Gasteiger partial charge >= 0.3 is 0 Å². The van der Waals surface area contributed by atoms with Crippen LogP contribution in [-0.4, -0.2) is 140 Å². The lowest BCUT2D eigenvalue weighted by atomic mass is 9.97. The molecule has 81 heavy (non-hydrogen) atoms. The van der Waals surface area contributed by atoms with E-state index in [0.29, 0.717) is 12.8 Å². The van der Waals surface area contributed by atoms with Gasteiger partial charge in [0.1, 0.15) is 48.8 Å². The van der Waals surface area contributed by atoms with Gasteiger partial charge in [-0.2, -0.15) is 0 Å². The lowest BCUT2D eigenvalue weighted by molar-refractivity contribution is -0.359. The maximum absolute atomic E-state index is 13.2. The molecule has 2 heterocycles. The fourth-order valence-electron chi connectivity index (χ4n) is 9.63. The number of ether oxygens (including phenoxy) is 4. The molecule has 14 heteroatoms. The molecule has 1 amide bonds. The first-order valence-corrected chi connectivity index (χ1v) is 31.6. The summed E-state index contributed by atoms with van der Waals surface area (Å²) in [6.07, 6.45) is 56.2. The fraction of sp³-hybridized carbons (Fsp3) is 0.716. The van der Waals surface area contributed by atoms with Gasteiger partial charge in [0.25, 0.3) is 0 Å². The number of carbonyl (C=O) groups excluding carboxylic acids is 1. The van der Waals surface area contributed by atoms with Gasteiger partial charge in [-0.15, -0.1) is 0 Å². The van der Waals surface area contributed by atoms with Crippen molar-refractivity contribution >= 4 is 5.91 Å². The smallest absolute Gasteiger partial charge is 0.220 e. The van der Waals surface area contributed by atoms with Gasteiger partial charge in [-0.05, 0) is 83.5 Å². The Hall–Kier alpha value is -3.35. The van der Waals surface area contributed by atoms with Gasteiger partial charge in [0.2, 0.25) is 5.91 Å². The Morgan fingerprint density at radius 2 is 0.864 bits per heavy atom. The number of aliphatic hydroxyl groups is 8. The molecule has 0 bridgehead atoms. The minimum Gasteiger partial charge on any atom is -0.394 e. The van der Waals surface area contributed by atoms with Crippen LogP contribution in [0.1, 0.15) is 213 Å². The molecule has 2 aliphatic heterocycles. The Bertz CT molecular complexity index is 1770. The summed E-state index contributed by atoms with van der Waals surface area (Å²) in [7, 11) is 0. The number of amides is 1. The third-order valence-corrected chi connectivity index (χ3v) is 14.7. The Kier molecular flexibility index (Phi) is 46.5. The van der Waals surface area contributed by atoms with Crippen LogP contribution in [0.2, 0.25) is 0 Å². The zero-order valence-corrected chi connectivity index (χ0v) is 50.0. The lowest BCUT2D eigenvalue weighted by Crippen LogP contribution is -2.65. The highest BCUT2D eigenvalue weighted by Gasteiger charge is 2.51. The molecule has 0 aromatic rings. The van der Waals surface area contributed by atoms with E-state index in [0.717, 1.165) is 89.9 Å². The van der Waals surface area contributed by atoms with Crippen LogP contribution in [0.3, 0.4) is 0 Å². The summed E-state index contributed by atoms with van der Waals surface area (Å²) in [5.74, 6) is -0.256. The normalized spacial score (nSPS) is 24.9. The van der Waals surface area contributed by atoms with Crippen molar-refractivity contribution in [1.82, 2.24) is 5.32 Å². The molecule has 464 valence electrons. The van der Waals surface area contributed by atoms with Gasteiger partial charge in [-0.3, -0.25) is 4.79 Å². The molecule has 2 aliphatic rings. The van der Waals surface area contributed by atoms with Crippen molar-refractivity contribution in [3.05, 3.63) is 109 Å². The van der Waals surface area contributed by atoms with E-state index in [1.165, 1.54) is 89.9 Å². The van der Waals surface area contributed by atoms with Crippen molar-refractivity contribution < 1.29 is 64.6 Å². The Labute approximate surface area is 489 Å². The van der Waals surface area contributed by atoms with E-state index in [2.05, 4.69) is 116 Å². The van der Waals surface area contributed by atoms with Gasteiger partial charge in [0, 0.05) is 6.42 Å². The molecular weight excluding hydrogens is 1030 g/mol. The van der Waals surface area contributed by atoms with Crippen molar-refractivity contribution in [2.24, 2.45) is 0 Å². The monoisotopic (exact) mass is 1140 g/mol. The zero-order valence-electron chi connectivity index (χ0n) is 50.0. The van der Waals surface area contributed by atoms with Crippen LogP contribution in [0, 0.1) is 0 Å². The number of hydrogen-bond donors (Lipinski definition) is 9. The molecule has 0 aliphatic carbocycles. The molecule has 0 spiro atoms. The van der Waals surface area contributed by atoms with Gasteiger partial charge in [-0.25, -0.2) is 0 Å². The van der Waals surface area contributed by atoms with Crippen LogP contribution in [0.5, 0.6) is 0 Å². The number of carbonyl (C=O) groups is 1. The van der Waals surface area contributed by atoms with E-state index < -0.39 is 86.8 Å². The quantitative estimate of drug-likeness (QED) is 0.0204. The van der Waals surface area contributed by atoms with Gasteiger partial charge in [0.15, 0.2) is 12.6 Å². The first-order chi connectivity index (χ1) is 39.6. The van der Waals surface area contributed by atoms with E-state index in [-0.39, 0.29) is 18.9 Å². The van der Waals surface area contributed by atoms with Crippen molar-refractivity contribution in [1.29, 1.82) is 0 Å². The molecule has 2 rings (SSSR count). The number of unbranched alkanes of at least 4 members (excludes halogenated alkanes) is 20. The summed E-state index contributed by atoms with van der Waals surface area (Å²) in [4.78, 5) is 13.2. The predicted octanol–water partition coefficient (Wildman–Crippen LogP) is 11.6. The lowest BCUT2D eigenvalue weighted by Gasteiger charge is -2.46. The molecule has 12 atom stereocenters. The first kappa shape index (κ1) is 73.8. The van der Waals surface area contributed by atoms with Crippen molar-refractivity contribution in [3.63, 3.8) is 0 Å². The first-order valence-electron chi connectivity index (χ1n) is 31.6. The average molecular weight is 1140 g/mol. The molecule has 9 N–H and O–H groups in total. The molecule has 2 saturated heterocycles. The maximum Gasteiger partial charge on any atom is 0.220 e. The molecule has 0 saturated carbocycles. The largest absolute Gasteiger partial charge is 0.394 e. The van der Waals surface area contributed by atoms with Crippen LogP contribution in [0.25, 0.3) is 0 Å². The van der Waals surface area contributed by atoms with E-state index in [1.807, 2.05) is 6.08 Å². The Morgan fingerprint density at radius 1 is 0.457 bits per heavy atom. The summed E-state index contributed by atoms with van der Waals surface area (Å²) in [6, 6.07) is -0.933. The molecule has 0 aromatic heterocycles. The predicted molar refractivity (Wildman–Crippen MR) is 327 cm³/mol. The third-order valence-electron chi connectivity index (χ3n) is 14.7. The summed E-state index contributed by atoms with van der Waals surface area (Å²) >= 11 is 0. The fourth-order valence-corrected chi connectivity index (χ4v) is 9.63. The molecule has 0 aromatic carbocycles. The summed E-state index contributed by atoms with van der Waals surface area (Å²) in [6.45, 7) is 2.56. The number of hydrogen-bond acceptors (Lipinski definition) is 13. The maximum atomic E-state index is 13.2. The highest BCUT2D eigenvalue weighted by molar-refractivity contribution is 5.76. The van der Waals surface area contributed by atoms with Crippen molar-refractivity contribution in [2.45, 2.75) is 286 Å². The second-order valence-electron chi connectivity index (χ2n) is 21.8. The standard InChI is InChI=1S/C67H113NO13/c1-3-5-7-9-11-13-14-15-16-17-18-19-20-21-22-23-24-25-26-27-28-29-30-31-32-33-34-35-36-37-38-39-40-41-42-43-45-47-49-51-59(72)68-55(56(71)50-48-46-44-12-10-8-6-4-2)54-78-66-64(77)62(75)65(58(53-70)80-66)81-67-63(76)61(74)60(73)57(52-69)79-67/h5,7,10-13,15-16,18-19,21-22,24-25,27-28,48,50,55-58,60-67,69-71,73-77H,3-4,6,8-9,14,17,20,23,26,29-47,49,51-54H2,1-2H3,(H,68,72)/b7-5-,12-10+,13-11-,16-15-,19-18-,22-21-,25-24-,28-27-,50-48+. The molecule has 0 radical (unpaired) electrons. The van der Waals surface area contributed by atoms with Crippen LogP contribution in [0.4, 0.5) is 0 Å². The Morgan fingerprint density at radius 3 is 1.36 bits per heavy atom. The van der Waals surface area contributed by atoms with Crippen molar-refractivity contribution in [2.75, 3.05) is 19.8 Å². The third kappa shape index (κ3) is 36.2. The van der Waals surface area contributed by atoms with Crippen LogP contribution in [-0.2, 0) is 23.7 Å². The van der Waals surface area contributed by atoms with E-state index >= 15 is 0 Å². The SMILES string of the molecule is CC/C=C\C/C=C\C/C=C\C/C=C\C/C=C\C/C=C\C/C=C\CCCCCCCCCCCCCCCCCCCC(=O)NC(COC1OC(CO)C(OC2OC(CO)C(O)C(O)C2O)C(O)C1O)C(O)/C=C/CC/C=C/CCCC. The zero-order chi connectivity index (χ0) is 58.8. The van der Waals surface area contributed by atoms with E-state index in [9.17, 15) is 45.6 Å². The van der Waals surface area contributed by atoms with E-state index in [4.69, 9.17) is 18.9 Å². The molecule has 14 nitrogen and oxygen atoms in total. The number of aliphatic hydroxyl groups excluding tert-OH is 8. The Balaban J connectivity index is 1.54. The highest BCUT2D eigenvalue weighted by atomic mass is 16.7. The molecule has 2 fully saturated rings. The van der Waals surface area contributed by atoms with Crippen LogP contribution >= 0.6 is 0 Å². The second-order valence-corrected chi connectivity index (χ2v) is 21.8. The van der Waals surface area contributed by atoms with Gasteiger partial charge < -0.3 is 65.1 Å². The summed E-state index contributed by atoms with van der Waals surface area (Å²) in [5, 5.41) is 86.7. The second kappa shape index (κ2) is 51.1. The number of nitrogens with one attached hydrogen (secondary N) is 1. The van der Waals surface area contributed by atoms with Crippen LogP contribution < -0.4 is 5.32 Å². The summed E-state index contributed by atoms with van der Waals surface area (Å²) in [5.41, 5.74) is 0.